The third kappa shape index (κ3) is 5.19. The SMILES string of the molecule is CCCN1CCOC(C(C=C(C)C)NCC)C1. The Hall–Kier alpha value is -0.380. The molecule has 2 unspecified atom stereocenters. The van der Waals surface area contributed by atoms with Gasteiger partial charge in [0.05, 0.1) is 18.8 Å². The Kier molecular flexibility index (Phi) is 6.78. The van der Waals surface area contributed by atoms with Crippen LogP contribution in [0.5, 0.6) is 0 Å². The van der Waals surface area contributed by atoms with Gasteiger partial charge < -0.3 is 10.1 Å². The fourth-order valence-electron chi connectivity index (χ4n) is 2.36. The van der Waals surface area contributed by atoms with Crippen molar-refractivity contribution in [1.82, 2.24) is 10.2 Å². The lowest BCUT2D eigenvalue weighted by Crippen LogP contribution is -2.51. The van der Waals surface area contributed by atoms with Crippen molar-refractivity contribution in [3.63, 3.8) is 0 Å². The van der Waals surface area contributed by atoms with E-state index in [0.29, 0.717) is 12.1 Å². The third-order valence-corrected chi connectivity index (χ3v) is 3.07. The first-order valence-corrected chi connectivity index (χ1v) is 6.89. The fraction of sp³-hybridized carbons (Fsp3) is 0.857. The van der Waals surface area contributed by atoms with Crippen molar-refractivity contribution in [2.45, 2.75) is 46.3 Å². The molecule has 1 aliphatic heterocycles. The molecule has 3 nitrogen and oxygen atoms in total. The van der Waals surface area contributed by atoms with Gasteiger partial charge in [-0.1, -0.05) is 25.5 Å². The summed E-state index contributed by atoms with van der Waals surface area (Å²) in [5.41, 5.74) is 1.35. The van der Waals surface area contributed by atoms with Gasteiger partial charge in [0, 0.05) is 13.1 Å². The van der Waals surface area contributed by atoms with Gasteiger partial charge in [-0.05, 0) is 33.4 Å². The molecule has 0 radical (unpaired) electrons. The first-order chi connectivity index (χ1) is 8.17. The number of allylic oxidation sites excluding steroid dienone is 1. The first kappa shape index (κ1) is 14.7. The van der Waals surface area contributed by atoms with E-state index in [2.05, 4.69) is 44.0 Å². The largest absolute Gasteiger partial charge is 0.374 e. The van der Waals surface area contributed by atoms with Crippen LogP contribution in [0.4, 0.5) is 0 Å². The number of likely N-dealkylation sites (N-methyl/N-ethyl adjacent to an activating group) is 1. The van der Waals surface area contributed by atoms with Crippen LogP contribution >= 0.6 is 0 Å². The molecular weight excluding hydrogens is 212 g/mol. The second kappa shape index (κ2) is 7.85. The molecule has 17 heavy (non-hydrogen) atoms. The van der Waals surface area contributed by atoms with E-state index in [1.807, 2.05) is 0 Å². The van der Waals surface area contributed by atoms with Crippen LogP contribution in [-0.2, 0) is 4.74 Å². The molecule has 1 fully saturated rings. The molecule has 1 rings (SSSR count). The highest BCUT2D eigenvalue weighted by Crippen LogP contribution is 2.12. The van der Waals surface area contributed by atoms with Gasteiger partial charge in [-0.15, -0.1) is 0 Å². The minimum absolute atomic E-state index is 0.296. The molecule has 1 heterocycles. The monoisotopic (exact) mass is 240 g/mol. The predicted octanol–water partition coefficient (Wildman–Crippen LogP) is 2.04. The molecule has 2 atom stereocenters. The lowest BCUT2D eigenvalue weighted by molar-refractivity contribution is -0.0385. The van der Waals surface area contributed by atoms with E-state index in [-0.39, 0.29) is 0 Å². The Labute approximate surface area is 106 Å². The van der Waals surface area contributed by atoms with Crippen LogP contribution < -0.4 is 5.32 Å². The van der Waals surface area contributed by atoms with Crippen molar-refractivity contribution in [3.8, 4) is 0 Å². The predicted molar refractivity (Wildman–Crippen MR) is 73.4 cm³/mol. The highest BCUT2D eigenvalue weighted by molar-refractivity contribution is 5.05. The molecule has 1 N–H and O–H groups in total. The van der Waals surface area contributed by atoms with Crippen molar-refractivity contribution in [2.75, 3.05) is 32.8 Å². The van der Waals surface area contributed by atoms with E-state index in [0.717, 1.165) is 26.2 Å². The number of hydrogen-bond donors (Lipinski definition) is 1. The van der Waals surface area contributed by atoms with Gasteiger partial charge in [-0.25, -0.2) is 0 Å². The Balaban J connectivity index is 2.57. The quantitative estimate of drug-likeness (QED) is 0.719. The van der Waals surface area contributed by atoms with Crippen LogP contribution in [-0.4, -0.2) is 49.8 Å². The highest BCUT2D eigenvalue weighted by atomic mass is 16.5. The Morgan fingerprint density at radius 1 is 1.47 bits per heavy atom. The zero-order valence-corrected chi connectivity index (χ0v) is 11.8. The van der Waals surface area contributed by atoms with Gasteiger partial charge in [0.2, 0.25) is 0 Å². The third-order valence-electron chi connectivity index (χ3n) is 3.07. The zero-order chi connectivity index (χ0) is 12.7. The van der Waals surface area contributed by atoms with Crippen LogP contribution in [0.25, 0.3) is 0 Å². The Bertz CT molecular complexity index is 234. The number of nitrogens with zero attached hydrogens (tertiary/aromatic N) is 1. The van der Waals surface area contributed by atoms with Crippen molar-refractivity contribution in [2.24, 2.45) is 0 Å². The maximum atomic E-state index is 5.92. The van der Waals surface area contributed by atoms with E-state index in [1.165, 1.54) is 18.5 Å². The van der Waals surface area contributed by atoms with Gasteiger partial charge in [-0.3, -0.25) is 4.90 Å². The molecule has 1 aliphatic rings. The van der Waals surface area contributed by atoms with E-state index < -0.39 is 0 Å². The van der Waals surface area contributed by atoms with E-state index in [1.54, 1.807) is 0 Å². The fourth-order valence-corrected chi connectivity index (χ4v) is 2.36. The second-order valence-corrected chi connectivity index (χ2v) is 5.04. The second-order valence-electron chi connectivity index (χ2n) is 5.04. The van der Waals surface area contributed by atoms with Gasteiger partial charge >= 0.3 is 0 Å². The van der Waals surface area contributed by atoms with Crippen molar-refractivity contribution in [1.29, 1.82) is 0 Å². The van der Waals surface area contributed by atoms with Crippen LogP contribution in [0, 0.1) is 0 Å². The molecule has 0 aromatic rings. The lowest BCUT2D eigenvalue weighted by atomic mass is 10.1. The number of rotatable bonds is 6. The molecule has 0 aromatic heterocycles. The molecule has 0 spiro atoms. The Morgan fingerprint density at radius 2 is 2.24 bits per heavy atom. The summed E-state index contributed by atoms with van der Waals surface area (Å²) in [6.45, 7) is 13.9. The summed E-state index contributed by atoms with van der Waals surface area (Å²) in [7, 11) is 0. The molecule has 0 bridgehead atoms. The smallest absolute Gasteiger partial charge is 0.0891 e. The van der Waals surface area contributed by atoms with Crippen LogP contribution in [0.2, 0.25) is 0 Å². The summed E-state index contributed by atoms with van der Waals surface area (Å²) in [4.78, 5) is 2.51. The maximum absolute atomic E-state index is 5.92. The van der Waals surface area contributed by atoms with Crippen LogP contribution in [0.3, 0.4) is 0 Å². The topological polar surface area (TPSA) is 24.5 Å². The molecule has 0 amide bonds. The minimum atomic E-state index is 0.296. The van der Waals surface area contributed by atoms with Gasteiger partial charge in [0.15, 0.2) is 0 Å². The van der Waals surface area contributed by atoms with Crippen molar-refractivity contribution >= 4 is 0 Å². The average molecular weight is 240 g/mol. The maximum Gasteiger partial charge on any atom is 0.0891 e. The minimum Gasteiger partial charge on any atom is -0.374 e. The van der Waals surface area contributed by atoms with Crippen molar-refractivity contribution < 1.29 is 4.74 Å². The summed E-state index contributed by atoms with van der Waals surface area (Å²) < 4.78 is 5.92. The summed E-state index contributed by atoms with van der Waals surface area (Å²) in [6.07, 6.45) is 3.82. The zero-order valence-electron chi connectivity index (χ0n) is 11.8. The molecule has 0 saturated carbocycles. The van der Waals surface area contributed by atoms with E-state index >= 15 is 0 Å². The van der Waals surface area contributed by atoms with E-state index in [9.17, 15) is 0 Å². The standard InChI is InChI=1S/C14H28N2O/c1-5-7-16-8-9-17-14(11-16)13(15-6-2)10-12(3)4/h10,13-15H,5-9,11H2,1-4H3. The number of ether oxygens (including phenoxy) is 1. The van der Waals surface area contributed by atoms with Gasteiger partial charge in [0.1, 0.15) is 0 Å². The first-order valence-electron chi connectivity index (χ1n) is 6.89. The average Bonchev–Trinajstić information content (AvgIpc) is 2.29. The molecule has 1 saturated heterocycles. The summed E-state index contributed by atoms with van der Waals surface area (Å²) in [5.74, 6) is 0. The van der Waals surface area contributed by atoms with E-state index in [4.69, 9.17) is 4.74 Å². The molecular formula is C14H28N2O. The molecule has 3 heteroatoms. The normalized spacial score (nSPS) is 23.4. The van der Waals surface area contributed by atoms with Crippen LogP contribution in [0.1, 0.15) is 34.1 Å². The Morgan fingerprint density at radius 3 is 2.82 bits per heavy atom. The lowest BCUT2D eigenvalue weighted by Gasteiger charge is -2.36. The van der Waals surface area contributed by atoms with Gasteiger partial charge in [0.25, 0.3) is 0 Å². The van der Waals surface area contributed by atoms with Crippen molar-refractivity contribution in [3.05, 3.63) is 11.6 Å². The number of morpholine rings is 1. The summed E-state index contributed by atoms with van der Waals surface area (Å²) >= 11 is 0. The summed E-state index contributed by atoms with van der Waals surface area (Å²) in [5, 5.41) is 3.52. The molecule has 100 valence electrons. The highest BCUT2D eigenvalue weighted by Gasteiger charge is 2.25. The van der Waals surface area contributed by atoms with Crippen LogP contribution in [0.15, 0.2) is 11.6 Å². The molecule has 0 aromatic carbocycles. The number of nitrogens with one attached hydrogen (secondary N) is 1. The summed E-state index contributed by atoms with van der Waals surface area (Å²) in [6, 6.07) is 0.352. The van der Waals surface area contributed by atoms with Gasteiger partial charge in [-0.2, -0.15) is 0 Å². The molecule has 0 aliphatic carbocycles. The number of hydrogen-bond acceptors (Lipinski definition) is 3.